The summed E-state index contributed by atoms with van der Waals surface area (Å²) in [4.78, 5) is 37.3. The molecule has 0 spiro atoms. The highest BCUT2D eigenvalue weighted by Gasteiger charge is 2.34. The highest BCUT2D eigenvalue weighted by molar-refractivity contribution is 6.01. The number of esters is 1. The standard InChI is InChI=1S/C23H32FN3O5/c1-23(2,3)32-21(29)13-27-10-9-16(19(12-27)31-4)15-6-5-14(11-17(15)24)25-18-7-8-20(28)26-22(18)30/h5-6,11,16,18-19,25H,7-10,12-13H2,1-4H3,(H,26,28,30)/t16-,18-,19+/m0/s1. The van der Waals surface area contributed by atoms with Crippen molar-refractivity contribution in [1.29, 1.82) is 0 Å². The van der Waals surface area contributed by atoms with Gasteiger partial charge in [0.1, 0.15) is 17.5 Å². The number of halogens is 1. The molecule has 0 aromatic heterocycles. The fraction of sp³-hybridized carbons (Fsp3) is 0.609. The number of methoxy groups -OCH3 is 1. The Morgan fingerprint density at radius 2 is 2.03 bits per heavy atom. The number of carbonyl (C=O) groups is 3. The first-order valence-corrected chi connectivity index (χ1v) is 10.9. The summed E-state index contributed by atoms with van der Waals surface area (Å²) < 4.78 is 26.0. The molecule has 176 valence electrons. The van der Waals surface area contributed by atoms with Crippen LogP contribution in [0.3, 0.4) is 0 Å². The van der Waals surface area contributed by atoms with Crippen molar-refractivity contribution in [1.82, 2.24) is 10.2 Å². The van der Waals surface area contributed by atoms with Crippen molar-refractivity contribution in [3.05, 3.63) is 29.6 Å². The largest absolute Gasteiger partial charge is 0.459 e. The Bertz CT molecular complexity index is 870. The van der Waals surface area contributed by atoms with E-state index in [1.807, 2.05) is 25.7 Å². The lowest BCUT2D eigenvalue weighted by atomic mass is 9.86. The monoisotopic (exact) mass is 449 g/mol. The average Bonchev–Trinajstić information content (AvgIpc) is 2.69. The van der Waals surface area contributed by atoms with E-state index < -0.39 is 17.6 Å². The number of benzene rings is 1. The smallest absolute Gasteiger partial charge is 0.320 e. The Balaban J connectivity index is 1.63. The van der Waals surface area contributed by atoms with Crippen LogP contribution in [0.4, 0.5) is 10.1 Å². The number of nitrogens with one attached hydrogen (secondary N) is 2. The number of ether oxygens (including phenoxy) is 2. The Morgan fingerprint density at radius 3 is 2.66 bits per heavy atom. The summed E-state index contributed by atoms with van der Waals surface area (Å²) >= 11 is 0. The predicted octanol–water partition coefficient (Wildman–Crippen LogP) is 2.19. The van der Waals surface area contributed by atoms with Gasteiger partial charge in [0.25, 0.3) is 0 Å². The van der Waals surface area contributed by atoms with Crippen molar-refractivity contribution in [3.63, 3.8) is 0 Å². The number of likely N-dealkylation sites (tertiary alicyclic amines) is 1. The van der Waals surface area contributed by atoms with Crippen molar-refractivity contribution in [2.45, 2.75) is 63.7 Å². The molecule has 0 saturated carbocycles. The van der Waals surface area contributed by atoms with Gasteiger partial charge in [0.05, 0.1) is 12.6 Å². The van der Waals surface area contributed by atoms with Crippen LogP contribution in [0.2, 0.25) is 0 Å². The van der Waals surface area contributed by atoms with E-state index in [4.69, 9.17) is 9.47 Å². The molecule has 0 unspecified atom stereocenters. The predicted molar refractivity (Wildman–Crippen MR) is 117 cm³/mol. The number of imide groups is 1. The molecular weight excluding hydrogens is 417 g/mol. The molecule has 2 fully saturated rings. The summed E-state index contributed by atoms with van der Waals surface area (Å²) in [6.45, 7) is 6.78. The summed E-state index contributed by atoms with van der Waals surface area (Å²) in [5, 5.41) is 5.28. The molecule has 3 rings (SSSR count). The SMILES string of the molecule is CO[C@@H]1CN(CC(=O)OC(C)(C)C)CC[C@H]1c1ccc(N[C@H]2CCC(=O)NC2=O)cc1F. The number of carbonyl (C=O) groups excluding carboxylic acids is 3. The van der Waals surface area contributed by atoms with E-state index in [0.29, 0.717) is 37.2 Å². The third-order valence-electron chi connectivity index (χ3n) is 5.70. The van der Waals surface area contributed by atoms with E-state index in [9.17, 15) is 14.4 Å². The van der Waals surface area contributed by atoms with Gasteiger partial charge in [0, 0.05) is 31.7 Å². The Kier molecular flexibility index (Phi) is 7.51. The van der Waals surface area contributed by atoms with Gasteiger partial charge in [-0.05, 0) is 57.9 Å². The number of nitrogens with zero attached hydrogens (tertiary/aromatic N) is 1. The molecule has 9 heteroatoms. The minimum atomic E-state index is -0.569. The lowest BCUT2D eigenvalue weighted by Crippen LogP contribution is -2.47. The van der Waals surface area contributed by atoms with Crippen LogP contribution in [0.1, 0.15) is 51.5 Å². The number of anilines is 1. The zero-order valence-electron chi connectivity index (χ0n) is 19.1. The van der Waals surface area contributed by atoms with Crippen molar-refractivity contribution in [2.75, 3.05) is 32.1 Å². The zero-order chi connectivity index (χ0) is 23.5. The second kappa shape index (κ2) is 9.95. The first kappa shape index (κ1) is 24.1. The number of amides is 2. The highest BCUT2D eigenvalue weighted by atomic mass is 19.1. The molecule has 2 amide bonds. The van der Waals surface area contributed by atoms with E-state index in [1.165, 1.54) is 6.07 Å². The Morgan fingerprint density at radius 1 is 1.28 bits per heavy atom. The maximum absolute atomic E-state index is 15.0. The van der Waals surface area contributed by atoms with Crippen LogP contribution in [-0.4, -0.2) is 67.2 Å². The number of hydrogen-bond acceptors (Lipinski definition) is 7. The van der Waals surface area contributed by atoms with Crippen molar-refractivity contribution < 1.29 is 28.2 Å². The fourth-order valence-electron chi connectivity index (χ4n) is 4.23. The minimum absolute atomic E-state index is 0.153. The molecule has 2 aliphatic rings. The number of piperidine rings is 2. The van der Waals surface area contributed by atoms with Gasteiger partial charge in [-0.1, -0.05) is 6.07 Å². The molecule has 3 atom stereocenters. The van der Waals surface area contributed by atoms with Crippen LogP contribution in [0.25, 0.3) is 0 Å². The van der Waals surface area contributed by atoms with Crippen molar-refractivity contribution >= 4 is 23.5 Å². The Labute approximate surface area is 187 Å². The molecule has 0 bridgehead atoms. The molecule has 0 radical (unpaired) electrons. The molecule has 2 saturated heterocycles. The maximum atomic E-state index is 15.0. The molecule has 0 aliphatic carbocycles. The van der Waals surface area contributed by atoms with Crippen LogP contribution < -0.4 is 10.6 Å². The molecule has 1 aromatic carbocycles. The van der Waals surface area contributed by atoms with Crippen LogP contribution in [0, 0.1) is 5.82 Å². The van der Waals surface area contributed by atoms with E-state index >= 15 is 4.39 Å². The molecule has 8 nitrogen and oxygen atoms in total. The average molecular weight is 450 g/mol. The summed E-state index contributed by atoms with van der Waals surface area (Å²) in [6, 6.07) is 4.26. The van der Waals surface area contributed by atoms with E-state index in [1.54, 1.807) is 19.2 Å². The minimum Gasteiger partial charge on any atom is -0.459 e. The van der Waals surface area contributed by atoms with Gasteiger partial charge in [-0.2, -0.15) is 0 Å². The normalized spacial score (nSPS) is 24.7. The van der Waals surface area contributed by atoms with Gasteiger partial charge >= 0.3 is 5.97 Å². The molecule has 1 aromatic rings. The number of hydrogen-bond donors (Lipinski definition) is 2. The summed E-state index contributed by atoms with van der Waals surface area (Å²) in [5.41, 5.74) is 0.489. The van der Waals surface area contributed by atoms with Gasteiger partial charge in [0.2, 0.25) is 11.8 Å². The van der Waals surface area contributed by atoms with Gasteiger partial charge in [0.15, 0.2) is 0 Å². The molecule has 2 aliphatic heterocycles. The first-order chi connectivity index (χ1) is 15.1. The topological polar surface area (TPSA) is 97.0 Å². The van der Waals surface area contributed by atoms with E-state index in [-0.39, 0.29) is 42.7 Å². The van der Waals surface area contributed by atoms with Crippen LogP contribution in [-0.2, 0) is 23.9 Å². The molecule has 2 N–H and O–H groups in total. The second-order valence-electron chi connectivity index (χ2n) is 9.38. The van der Waals surface area contributed by atoms with Crippen LogP contribution >= 0.6 is 0 Å². The summed E-state index contributed by atoms with van der Waals surface area (Å²) in [5.74, 6) is -1.52. The fourth-order valence-corrected chi connectivity index (χ4v) is 4.23. The van der Waals surface area contributed by atoms with Gasteiger partial charge < -0.3 is 14.8 Å². The Hall–Kier alpha value is -2.52. The van der Waals surface area contributed by atoms with E-state index in [0.717, 1.165) is 0 Å². The third kappa shape index (κ3) is 6.26. The first-order valence-electron chi connectivity index (χ1n) is 10.9. The van der Waals surface area contributed by atoms with Gasteiger partial charge in [-0.15, -0.1) is 0 Å². The summed E-state index contributed by atoms with van der Waals surface area (Å²) in [7, 11) is 1.59. The highest BCUT2D eigenvalue weighted by Crippen LogP contribution is 2.33. The van der Waals surface area contributed by atoms with E-state index in [2.05, 4.69) is 10.6 Å². The quantitative estimate of drug-likeness (QED) is 0.508. The summed E-state index contributed by atoms with van der Waals surface area (Å²) in [6.07, 6.45) is 0.990. The third-order valence-corrected chi connectivity index (χ3v) is 5.70. The van der Waals surface area contributed by atoms with Crippen molar-refractivity contribution in [2.24, 2.45) is 0 Å². The molecular formula is C23H32FN3O5. The second-order valence-corrected chi connectivity index (χ2v) is 9.38. The van der Waals surface area contributed by atoms with Gasteiger partial charge in [-0.25, -0.2) is 4.39 Å². The van der Waals surface area contributed by atoms with Crippen LogP contribution in [0.15, 0.2) is 18.2 Å². The lowest BCUT2D eigenvalue weighted by Gasteiger charge is -2.38. The van der Waals surface area contributed by atoms with Crippen LogP contribution in [0.5, 0.6) is 0 Å². The zero-order valence-corrected chi connectivity index (χ0v) is 19.1. The maximum Gasteiger partial charge on any atom is 0.320 e. The molecule has 2 heterocycles. The number of rotatable bonds is 6. The van der Waals surface area contributed by atoms with Crippen molar-refractivity contribution in [3.8, 4) is 0 Å². The van der Waals surface area contributed by atoms with Gasteiger partial charge in [-0.3, -0.25) is 24.6 Å². The lowest BCUT2D eigenvalue weighted by molar-refractivity contribution is -0.157. The molecule has 32 heavy (non-hydrogen) atoms.